The fourth-order valence-corrected chi connectivity index (χ4v) is 9.58. The van der Waals surface area contributed by atoms with Crippen molar-refractivity contribution in [3.05, 3.63) is 22.8 Å². The number of ketones is 1. The number of ether oxygens (including phenoxy) is 1. The molecule has 5 nitrogen and oxygen atoms in total. The summed E-state index contributed by atoms with van der Waals surface area (Å²) in [6, 6.07) is 0. The first kappa shape index (κ1) is 25.7. The smallest absolute Gasteiger partial charge is 0.302 e. The zero-order valence-corrected chi connectivity index (χ0v) is 23.1. The van der Waals surface area contributed by atoms with Gasteiger partial charge in [-0.2, -0.15) is 0 Å². The van der Waals surface area contributed by atoms with Gasteiger partial charge in [-0.05, 0) is 90.9 Å². The molecule has 5 aliphatic rings. The van der Waals surface area contributed by atoms with Crippen LogP contribution in [-0.2, 0) is 19.1 Å². The molecule has 0 radical (unpaired) electrons. The summed E-state index contributed by atoms with van der Waals surface area (Å²) in [4.78, 5) is 36.4. The van der Waals surface area contributed by atoms with Crippen LogP contribution >= 0.6 is 0 Å². The summed E-state index contributed by atoms with van der Waals surface area (Å²) in [5.74, 6) is 2.91. The summed E-state index contributed by atoms with van der Waals surface area (Å²) in [7, 11) is 0. The normalized spacial score (nSPS) is 42.1. The van der Waals surface area contributed by atoms with Crippen LogP contribution in [0.2, 0.25) is 0 Å². The number of nitrogens with one attached hydrogen (secondary N) is 1. The summed E-state index contributed by atoms with van der Waals surface area (Å²) in [5.41, 5.74) is 4.50. The molecular formula is C31H45NO4. The lowest BCUT2D eigenvalue weighted by Crippen LogP contribution is -2.51. The van der Waals surface area contributed by atoms with E-state index in [9.17, 15) is 14.4 Å². The highest BCUT2D eigenvalue weighted by Gasteiger charge is 2.63. The molecule has 0 aromatic rings. The molecule has 3 fully saturated rings. The van der Waals surface area contributed by atoms with Gasteiger partial charge >= 0.3 is 5.97 Å². The van der Waals surface area contributed by atoms with Crippen molar-refractivity contribution in [2.45, 2.75) is 99.0 Å². The number of esters is 1. The highest BCUT2D eigenvalue weighted by atomic mass is 16.5. The van der Waals surface area contributed by atoms with Crippen molar-refractivity contribution >= 4 is 17.7 Å². The molecule has 36 heavy (non-hydrogen) atoms. The van der Waals surface area contributed by atoms with E-state index < -0.39 is 0 Å². The van der Waals surface area contributed by atoms with Gasteiger partial charge in [0, 0.05) is 32.7 Å². The molecule has 0 aliphatic heterocycles. The predicted octanol–water partition coefficient (Wildman–Crippen LogP) is 5.78. The fraction of sp³-hybridized carbons (Fsp3) is 0.774. The lowest BCUT2D eigenvalue weighted by atomic mass is 9.47. The maximum Gasteiger partial charge on any atom is 0.302 e. The Labute approximate surface area is 216 Å². The second-order valence-corrected chi connectivity index (χ2v) is 13.4. The summed E-state index contributed by atoms with van der Waals surface area (Å²) < 4.78 is 5.61. The van der Waals surface area contributed by atoms with E-state index in [-0.39, 0.29) is 40.6 Å². The Hall–Kier alpha value is -1.91. The predicted molar refractivity (Wildman–Crippen MR) is 140 cm³/mol. The average Bonchev–Trinajstić information content (AvgIpc) is 3.24. The van der Waals surface area contributed by atoms with Gasteiger partial charge < -0.3 is 10.1 Å². The van der Waals surface area contributed by atoms with Crippen molar-refractivity contribution in [1.82, 2.24) is 5.32 Å². The lowest BCUT2D eigenvalue weighted by Gasteiger charge is -2.58. The van der Waals surface area contributed by atoms with E-state index in [1.807, 2.05) is 0 Å². The summed E-state index contributed by atoms with van der Waals surface area (Å²) >= 11 is 0. The Kier molecular flexibility index (Phi) is 6.53. The molecule has 0 heterocycles. The molecular weight excluding hydrogens is 450 g/mol. The molecule has 0 aromatic carbocycles. The second-order valence-electron chi connectivity index (χ2n) is 13.4. The minimum absolute atomic E-state index is 0.00552. The maximum atomic E-state index is 13.4. The number of hydrogen-bond acceptors (Lipinski definition) is 4. The van der Waals surface area contributed by atoms with Crippen LogP contribution in [0.4, 0.5) is 0 Å². The van der Waals surface area contributed by atoms with Crippen LogP contribution in [-0.4, -0.2) is 30.3 Å². The zero-order valence-electron chi connectivity index (χ0n) is 23.1. The van der Waals surface area contributed by atoms with E-state index >= 15 is 0 Å². The summed E-state index contributed by atoms with van der Waals surface area (Å²) in [6.45, 7) is 13.0. The molecule has 5 rings (SSSR count). The van der Waals surface area contributed by atoms with Gasteiger partial charge in [0.25, 0.3) is 0 Å². The molecule has 3 saturated carbocycles. The molecule has 9 atom stereocenters. The Balaban J connectivity index is 1.40. The van der Waals surface area contributed by atoms with E-state index in [4.69, 9.17) is 4.74 Å². The van der Waals surface area contributed by atoms with Crippen LogP contribution in [0.25, 0.3) is 0 Å². The SMILES string of the molecule is CC(=O)NC[C@H](C)CC1=C2C[C@H]3[C@H]4CC=C5C[C@@H](OC(C)=O)CC[C@]5(C)[C@@H]4CC[C@]3(C)[C@@H]2[C@H](C)C1=O. The largest absolute Gasteiger partial charge is 0.462 e. The molecule has 0 spiro atoms. The standard InChI is InChI=1S/C31H45NO4/c1-17(16-32-19(3)33)13-25-24-15-27-23-8-7-21-14-22(36-20(4)34)9-11-30(21,5)26(23)10-12-31(27,6)28(24)18(2)29(25)35/h7,17-18,22-23,26-28H,8-16H2,1-6H3,(H,32,33)/t17-,18+,22+,23+,26-,27+,28-,30+,31+/m1/s1. The summed E-state index contributed by atoms with van der Waals surface area (Å²) in [6.07, 6.45) is 11.0. The van der Waals surface area contributed by atoms with Crippen molar-refractivity contribution in [2.24, 2.45) is 46.3 Å². The van der Waals surface area contributed by atoms with Crippen LogP contribution in [0.1, 0.15) is 92.9 Å². The number of rotatable bonds is 5. The van der Waals surface area contributed by atoms with Gasteiger partial charge in [0.15, 0.2) is 5.78 Å². The quantitative estimate of drug-likeness (QED) is 0.387. The minimum atomic E-state index is -0.164. The van der Waals surface area contributed by atoms with Crippen molar-refractivity contribution < 1.29 is 19.1 Å². The van der Waals surface area contributed by atoms with E-state index in [0.29, 0.717) is 36.0 Å². The monoisotopic (exact) mass is 495 g/mol. The lowest BCUT2D eigenvalue weighted by molar-refractivity contribution is -0.148. The highest BCUT2D eigenvalue weighted by Crippen LogP contribution is 2.70. The number of allylic oxidation sites excluding steroid dienone is 3. The van der Waals surface area contributed by atoms with E-state index in [0.717, 1.165) is 44.1 Å². The summed E-state index contributed by atoms with van der Waals surface area (Å²) in [5, 5.41) is 2.94. The van der Waals surface area contributed by atoms with E-state index in [2.05, 4.69) is 39.1 Å². The topological polar surface area (TPSA) is 72.5 Å². The Bertz CT molecular complexity index is 1030. The van der Waals surface area contributed by atoms with Crippen LogP contribution in [0.3, 0.4) is 0 Å². The average molecular weight is 496 g/mol. The van der Waals surface area contributed by atoms with Gasteiger partial charge in [-0.3, -0.25) is 14.4 Å². The van der Waals surface area contributed by atoms with Crippen LogP contribution in [0, 0.1) is 46.3 Å². The number of Topliss-reactive ketones (excluding diaryl/α,β-unsaturated/α-hetero) is 1. The third-order valence-corrected chi connectivity index (χ3v) is 11.2. The van der Waals surface area contributed by atoms with Gasteiger partial charge in [-0.25, -0.2) is 0 Å². The molecule has 0 aromatic heterocycles. The van der Waals surface area contributed by atoms with Gasteiger partial charge in [0.1, 0.15) is 6.10 Å². The third kappa shape index (κ3) is 4.00. The fourth-order valence-electron chi connectivity index (χ4n) is 9.58. The number of carbonyl (C=O) groups is 3. The third-order valence-electron chi connectivity index (χ3n) is 11.2. The molecule has 5 heteroatoms. The number of hydrogen-bond donors (Lipinski definition) is 1. The van der Waals surface area contributed by atoms with Crippen molar-refractivity contribution in [1.29, 1.82) is 0 Å². The van der Waals surface area contributed by atoms with Crippen LogP contribution in [0.15, 0.2) is 22.8 Å². The molecule has 198 valence electrons. The first-order chi connectivity index (χ1) is 17.0. The van der Waals surface area contributed by atoms with Crippen molar-refractivity contribution in [3.8, 4) is 0 Å². The molecule has 0 saturated heterocycles. The van der Waals surface area contributed by atoms with Gasteiger partial charge in [-0.1, -0.05) is 44.9 Å². The van der Waals surface area contributed by atoms with Gasteiger partial charge in [-0.15, -0.1) is 0 Å². The number of fused-ring (bicyclic) bond motifs is 7. The number of amides is 1. The Morgan fingerprint density at radius 2 is 1.89 bits per heavy atom. The molecule has 0 bridgehead atoms. The van der Waals surface area contributed by atoms with Crippen molar-refractivity contribution in [3.63, 3.8) is 0 Å². The Morgan fingerprint density at radius 1 is 1.14 bits per heavy atom. The van der Waals surface area contributed by atoms with Crippen LogP contribution in [0.5, 0.6) is 0 Å². The second kappa shape index (κ2) is 9.13. The molecule has 1 N–H and O–H groups in total. The van der Waals surface area contributed by atoms with E-state index in [1.54, 1.807) is 6.92 Å². The van der Waals surface area contributed by atoms with Crippen LogP contribution < -0.4 is 5.32 Å². The molecule has 5 aliphatic carbocycles. The zero-order chi connectivity index (χ0) is 26.0. The van der Waals surface area contributed by atoms with Crippen molar-refractivity contribution in [2.75, 3.05) is 6.54 Å². The maximum absolute atomic E-state index is 13.4. The minimum Gasteiger partial charge on any atom is -0.462 e. The van der Waals surface area contributed by atoms with Gasteiger partial charge in [0.05, 0.1) is 0 Å². The van der Waals surface area contributed by atoms with E-state index in [1.165, 1.54) is 30.9 Å². The molecule has 1 amide bonds. The highest BCUT2D eigenvalue weighted by molar-refractivity contribution is 6.01. The first-order valence-corrected chi connectivity index (χ1v) is 14.3. The first-order valence-electron chi connectivity index (χ1n) is 14.3. The van der Waals surface area contributed by atoms with Gasteiger partial charge in [0.2, 0.25) is 5.91 Å². The number of carbonyl (C=O) groups excluding carboxylic acids is 3. The Morgan fingerprint density at radius 3 is 2.58 bits per heavy atom. The molecule has 0 unspecified atom stereocenters.